The van der Waals surface area contributed by atoms with Gasteiger partial charge in [0.05, 0.1) is 10.6 Å². The highest BCUT2D eigenvalue weighted by molar-refractivity contribution is 6.31. The Labute approximate surface area is 118 Å². The topological polar surface area (TPSA) is 65.2 Å². The van der Waals surface area contributed by atoms with Gasteiger partial charge in [-0.15, -0.1) is 0 Å². The van der Waals surface area contributed by atoms with Crippen molar-refractivity contribution in [3.8, 4) is 22.6 Å². The van der Waals surface area contributed by atoms with E-state index in [-0.39, 0.29) is 16.5 Å². The van der Waals surface area contributed by atoms with Crippen LogP contribution in [-0.2, 0) is 0 Å². The van der Waals surface area contributed by atoms with Crippen molar-refractivity contribution in [2.45, 2.75) is 6.92 Å². The molecule has 0 atom stereocenters. The molecule has 4 nitrogen and oxygen atoms in total. The summed E-state index contributed by atoms with van der Waals surface area (Å²) in [7, 11) is 0. The number of benzene rings is 1. The zero-order chi connectivity index (χ0) is 14.3. The number of halogens is 2. The lowest BCUT2D eigenvalue weighted by atomic mass is 10.0. The van der Waals surface area contributed by atoms with Crippen LogP contribution in [0.15, 0.2) is 39.3 Å². The summed E-state index contributed by atoms with van der Waals surface area (Å²) >= 11 is 5.80. The molecule has 0 aliphatic rings. The van der Waals surface area contributed by atoms with Gasteiger partial charge in [-0.25, -0.2) is 4.39 Å². The smallest absolute Gasteiger partial charge is 0.230 e. The average Bonchev–Trinajstić information content (AvgIpc) is 2.99. The van der Waals surface area contributed by atoms with Gasteiger partial charge < -0.3 is 14.7 Å². The van der Waals surface area contributed by atoms with E-state index >= 15 is 0 Å². The molecule has 102 valence electrons. The van der Waals surface area contributed by atoms with Crippen LogP contribution in [-0.4, -0.2) is 5.16 Å². The van der Waals surface area contributed by atoms with E-state index in [0.29, 0.717) is 22.8 Å². The summed E-state index contributed by atoms with van der Waals surface area (Å²) in [6, 6.07) is 8.14. The molecular formula is C14H10ClFN2O2. The first-order valence-electron chi connectivity index (χ1n) is 5.84. The number of furan rings is 1. The Morgan fingerprint density at radius 3 is 2.75 bits per heavy atom. The van der Waals surface area contributed by atoms with Gasteiger partial charge in [0.2, 0.25) is 5.88 Å². The van der Waals surface area contributed by atoms with Crippen molar-refractivity contribution in [2.24, 2.45) is 0 Å². The van der Waals surface area contributed by atoms with E-state index in [0.717, 1.165) is 0 Å². The van der Waals surface area contributed by atoms with Crippen molar-refractivity contribution >= 4 is 17.5 Å². The molecule has 0 saturated carbocycles. The standard InChI is InChI=1S/C14H10ClFN2O2/c1-7-5-6-10(19-7)13-11(14(17)20-18-13)8-3-2-4-9(15)12(8)16/h2-6H,17H2,1H3. The molecule has 3 rings (SSSR count). The molecule has 2 heterocycles. The highest BCUT2D eigenvalue weighted by atomic mass is 35.5. The van der Waals surface area contributed by atoms with E-state index in [1.54, 1.807) is 31.2 Å². The number of hydrogen-bond donors (Lipinski definition) is 1. The van der Waals surface area contributed by atoms with E-state index < -0.39 is 5.82 Å². The van der Waals surface area contributed by atoms with Crippen LogP contribution in [0.5, 0.6) is 0 Å². The van der Waals surface area contributed by atoms with Gasteiger partial charge in [0.15, 0.2) is 11.5 Å². The van der Waals surface area contributed by atoms with Crippen LogP contribution in [0.2, 0.25) is 5.02 Å². The molecule has 1 aromatic carbocycles. The van der Waals surface area contributed by atoms with Crippen molar-refractivity contribution in [3.63, 3.8) is 0 Å². The molecule has 0 radical (unpaired) electrons. The third-order valence-electron chi connectivity index (χ3n) is 2.91. The van der Waals surface area contributed by atoms with E-state index in [4.69, 9.17) is 26.3 Å². The minimum Gasteiger partial charge on any atom is -0.460 e. The number of anilines is 1. The second-order valence-electron chi connectivity index (χ2n) is 4.28. The Hall–Kier alpha value is -2.27. The van der Waals surface area contributed by atoms with Gasteiger partial charge >= 0.3 is 0 Å². The Morgan fingerprint density at radius 2 is 2.05 bits per heavy atom. The molecule has 0 aliphatic heterocycles. The Bertz CT molecular complexity index is 779. The SMILES string of the molecule is Cc1ccc(-c2noc(N)c2-c2cccc(Cl)c2F)o1. The molecule has 0 fully saturated rings. The first-order chi connectivity index (χ1) is 9.58. The predicted octanol–water partition coefficient (Wildman–Crippen LogP) is 4.28. The van der Waals surface area contributed by atoms with E-state index in [1.165, 1.54) is 6.07 Å². The lowest BCUT2D eigenvalue weighted by Crippen LogP contribution is -1.91. The molecular weight excluding hydrogens is 283 g/mol. The molecule has 0 saturated heterocycles. The summed E-state index contributed by atoms with van der Waals surface area (Å²) in [5.41, 5.74) is 6.66. The fourth-order valence-electron chi connectivity index (χ4n) is 1.99. The first kappa shape index (κ1) is 12.7. The summed E-state index contributed by atoms with van der Waals surface area (Å²) in [6.45, 7) is 1.80. The van der Waals surface area contributed by atoms with Gasteiger partial charge in [-0.05, 0) is 25.1 Å². The fourth-order valence-corrected chi connectivity index (χ4v) is 2.16. The molecule has 0 spiro atoms. The van der Waals surface area contributed by atoms with Crippen LogP contribution in [0.3, 0.4) is 0 Å². The van der Waals surface area contributed by atoms with E-state index in [9.17, 15) is 4.39 Å². The lowest BCUT2D eigenvalue weighted by Gasteiger charge is -2.04. The van der Waals surface area contributed by atoms with E-state index in [1.807, 2.05) is 0 Å². The number of nitrogen functional groups attached to an aromatic ring is 1. The van der Waals surface area contributed by atoms with Gasteiger partial charge in [-0.3, -0.25) is 0 Å². The molecule has 0 aliphatic carbocycles. The van der Waals surface area contributed by atoms with Crippen molar-refractivity contribution in [1.82, 2.24) is 5.16 Å². The van der Waals surface area contributed by atoms with Crippen molar-refractivity contribution < 1.29 is 13.3 Å². The summed E-state index contributed by atoms with van der Waals surface area (Å²) in [5, 5.41) is 3.85. The minimum absolute atomic E-state index is 0.00433. The highest BCUT2D eigenvalue weighted by Gasteiger charge is 2.23. The van der Waals surface area contributed by atoms with Gasteiger partial charge in [0, 0.05) is 5.56 Å². The van der Waals surface area contributed by atoms with Crippen molar-refractivity contribution in [2.75, 3.05) is 5.73 Å². The number of nitrogens with two attached hydrogens (primary N) is 1. The van der Waals surface area contributed by atoms with E-state index in [2.05, 4.69) is 5.16 Å². The van der Waals surface area contributed by atoms with Crippen molar-refractivity contribution in [1.29, 1.82) is 0 Å². The van der Waals surface area contributed by atoms with Crippen LogP contribution < -0.4 is 5.73 Å². The third-order valence-corrected chi connectivity index (χ3v) is 3.21. The first-order valence-corrected chi connectivity index (χ1v) is 6.22. The monoisotopic (exact) mass is 292 g/mol. The normalized spacial score (nSPS) is 10.9. The summed E-state index contributed by atoms with van der Waals surface area (Å²) < 4.78 is 24.6. The number of aromatic nitrogens is 1. The summed E-state index contributed by atoms with van der Waals surface area (Å²) in [5.74, 6) is 0.597. The molecule has 0 bridgehead atoms. The van der Waals surface area contributed by atoms with Crippen molar-refractivity contribution in [3.05, 3.63) is 46.9 Å². The molecule has 0 unspecified atom stereocenters. The van der Waals surface area contributed by atoms with Crippen LogP contribution >= 0.6 is 11.6 Å². The summed E-state index contributed by atoms with van der Waals surface area (Å²) in [6.07, 6.45) is 0. The van der Waals surface area contributed by atoms with Gasteiger partial charge in [0.1, 0.15) is 11.6 Å². The zero-order valence-corrected chi connectivity index (χ0v) is 11.2. The third kappa shape index (κ3) is 1.96. The second kappa shape index (κ2) is 4.68. The highest BCUT2D eigenvalue weighted by Crippen LogP contribution is 2.39. The molecule has 0 amide bonds. The van der Waals surface area contributed by atoms with Crippen LogP contribution in [0.4, 0.5) is 10.3 Å². The zero-order valence-electron chi connectivity index (χ0n) is 10.5. The number of rotatable bonds is 2. The van der Waals surface area contributed by atoms with Crippen LogP contribution in [0.1, 0.15) is 5.76 Å². The Balaban J connectivity index is 2.24. The molecule has 20 heavy (non-hydrogen) atoms. The maximum absolute atomic E-state index is 14.2. The predicted molar refractivity (Wildman–Crippen MR) is 73.8 cm³/mol. The lowest BCUT2D eigenvalue weighted by molar-refractivity contribution is 0.435. The molecule has 2 N–H and O–H groups in total. The van der Waals surface area contributed by atoms with Gasteiger partial charge in [-0.2, -0.15) is 0 Å². The largest absolute Gasteiger partial charge is 0.460 e. The summed E-state index contributed by atoms with van der Waals surface area (Å²) in [4.78, 5) is 0. The second-order valence-corrected chi connectivity index (χ2v) is 4.69. The fraction of sp³-hybridized carbons (Fsp3) is 0.0714. The molecule has 6 heteroatoms. The average molecular weight is 293 g/mol. The Morgan fingerprint density at radius 1 is 1.25 bits per heavy atom. The van der Waals surface area contributed by atoms with Crippen LogP contribution in [0.25, 0.3) is 22.6 Å². The Kier molecular flexibility index (Phi) is 2.99. The van der Waals surface area contributed by atoms with Gasteiger partial charge in [-0.1, -0.05) is 28.9 Å². The number of hydrogen-bond acceptors (Lipinski definition) is 4. The molecule has 2 aromatic heterocycles. The van der Waals surface area contributed by atoms with Gasteiger partial charge in [0.25, 0.3) is 0 Å². The maximum atomic E-state index is 14.2. The maximum Gasteiger partial charge on any atom is 0.230 e. The molecule has 3 aromatic rings. The quantitative estimate of drug-likeness (QED) is 0.765. The number of nitrogens with zero attached hydrogens (tertiary/aromatic N) is 1. The number of aryl methyl sites for hydroxylation is 1. The van der Waals surface area contributed by atoms with Crippen LogP contribution in [0, 0.1) is 12.7 Å². The minimum atomic E-state index is -0.575.